The number of nitrogens with one attached hydrogen (secondary N) is 1. The molecule has 1 amide bonds. The van der Waals surface area contributed by atoms with Gasteiger partial charge >= 0.3 is 0 Å². The third kappa shape index (κ3) is 2.15. The van der Waals surface area contributed by atoms with Gasteiger partial charge in [0.1, 0.15) is 0 Å². The highest BCUT2D eigenvalue weighted by Crippen LogP contribution is 2.68. The molecule has 1 fully saturated rings. The maximum absolute atomic E-state index is 12.0. The second-order valence-corrected chi connectivity index (χ2v) is 6.14. The number of carbonyl (C=O) groups excluding carboxylic acids is 1. The Labute approximate surface area is 97.8 Å². The van der Waals surface area contributed by atoms with E-state index in [1.807, 2.05) is 6.92 Å². The normalized spacial score (nSPS) is 24.7. The maximum atomic E-state index is 12.0. The van der Waals surface area contributed by atoms with Crippen molar-refractivity contribution in [3.8, 4) is 0 Å². The van der Waals surface area contributed by atoms with E-state index in [-0.39, 0.29) is 28.7 Å². The third-order valence-corrected chi connectivity index (χ3v) is 4.43. The number of alkyl halides is 1. The van der Waals surface area contributed by atoms with Crippen LogP contribution in [-0.4, -0.2) is 17.8 Å². The van der Waals surface area contributed by atoms with E-state index in [0.717, 1.165) is 6.42 Å². The first-order valence-corrected chi connectivity index (χ1v) is 6.15. The number of carbonyl (C=O) groups is 1. The van der Waals surface area contributed by atoms with Crippen molar-refractivity contribution in [3.63, 3.8) is 0 Å². The van der Waals surface area contributed by atoms with Crippen LogP contribution in [0.25, 0.3) is 0 Å². The van der Waals surface area contributed by atoms with E-state index in [0.29, 0.717) is 5.88 Å². The van der Waals surface area contributed by atoms with E-state index in [2.05, 4.69) is 33.0 Å². The van der Waals surface area contributed by atoms with Crippen LogP contribution in [0.2, 0.25) is 0 Å². The van der Waals surface area contributed by atoms with Gasteiger partial charge in [0.05, 0.1) is 0 Å². The van der Waals surface area contributed by atoms with Crippen molar-refractivity contribution in [1.82, 2.24) is 5.32 Å². The van der Waals surface area contributed by atoms with Crippen molar-refractivity contribution < 1.29 is 4.79 Å². The average Bonchev–Trinajstić information content (AvgIpc) is 2.42. The van der Waals surface area contributed by atoms with E-state index >= 15 is 0 Å². The Hall–Kier alpha value is -0.240. The zero-order valence-corrected chi connectivity index (χ0v) is 11.1. The van der Waals surface area contributed by atoms with Gasteiger partial charge in [0, 0.05) is 17.8 Å². The standard InChI is InChI=1S/C12H22ClNO/c1-8(6-7-13)14-10(15)9-11(2,3)12(9,4)5/h8-9H,6-7H2,1-5H3,(H,14,15). The molecule has 1 N–H and O–H groups in total. The highest BCUT2D eigenvalue weighted by Gasteiger charge is 2.68. The molecule has 0 bridgehead atoms. The van der Waals surface area contributed by atoms with Crippen molar-refractivity contribution in [2.24, 2.45) is 16.7 Å². The lowest BCUT2D eigenvalue weighted by Crippen LogP contribution is -2.35. The molecule has 3 heteroatoms. The number of hydrogen-bond acceptors (Lipinski definition) is 1. The van der Waals surface area contributed by atoms with E-state index in [1.54, 1.807) is 0 Å². The summed E-state index contributed by atoms with van der Waals surface area (Å²) in [5.74, 6) is 0.921. The number of halogens is 1. The summed E-state index contributed by atoms with van der Waals surface area (Å²) in [6, 6.07) is 0.183. The maximum Gasteiger partial charge on any atom is 0.224 e. The van der Waals surface area contributed by atoms with Crippen LogP contribution >= 0.6 is 11.6 Å². The highest BCUT2D eigenvalue weighted by atomic mass is 35.5. The van der Waals surface area contributed by atoms with Crippen molar-refractivity contribution in [1.29, 1.82) is 0 Å². The Balaban J connectivity index is 2.51. The Kier molecular flexibility index (Phi) is 3.39. The van der Waals surface area contributed by atoms with Crippen LogP contribution in [0.4, 0.5) is 0 Å². The van der Waals surface area contributed by atoms with Gasteiger partial charge in [-0.1, -0.05) is 27.7 Å². The predicted octanol–water partition coefficient (Wildman–Crippen LogP) is 2.80. The van der Waals surface area contributed by atoms with Crippen LogP contribution in [-0.2, 0) is 4.79 Å². The molecule has 0 aromatic rings. The monoisotopic (exact) mass is 231 g/mol. The minimum absolute atomic E-state index is 0.123. The van der Waals surface area contributed by atoms with Crippen LogP contribution in [0.3, 0.4) is 0 Å². The van der Waals surface area contributed by atoms with Crippen LogP contribution < -0.4 is 5.32 Å². The highest BCUT2D eigenvalue weighted by molar-refractivity contribution is 6.17. The molecule has 0 aromatic heterocycles. The molecule has 0 radical (unpaired) electrons. The SMILES string of the molecule is CC(CCCl)NC(=O)C1C(C)(C)C1(C)C. The topological polar surface area (TPSA) is 29.1 Å². The van der Waals surface area contributed by atoms with Crippen LogP contribution in [0.5, 0.6) is 0 Å². The molecular formula is C12H22ClNO. The Morgan fingerprint density at radius 3 is 2.13 bits per heavy atom. The summed E-state index contributed by atoms with van der Waals surface area (Å²) in [7, 11) is 0. The van der Waals surface area contributed by atoms with E-state index in [1.165, 1.54) is 0 Å². The van der Waals surface area contributed by atoms with Gasteiger partial charge in [-0.3, -0.25) is 4.79 Å². The van der Waals surface area contributed by atoms with E-state index < -0.39 is 0 Å². The zero-order chi connectivity index (χ0) is 11.9. The van der Waals surface area contributed by atoms with E-state index in [9.17, 15) is 4.79 Å². The van der Waals surface area contributed by atoms with Gasteiger partial charge in [-0.15, -0.1) is 11.6 Å². The van der Waals surface area contributed by atoms with Crippen LogP contribution in [0, 0.1) is 16.7 Å². The fourth-order valence-corrected chi connectivity index (χ4v) is 2.74. The predicted molar refractivity (Wildman–Crippen MR) is 64.0 cm³/mol. The third-order valence-electron chi connectivity index (χ3n) is 4.21. The number of hydrogen-bond donors (Lipinski definition) is 1. The molecule has 0 aliphatic heterocycles. The molecule has 2 nitrogen and oxygen atoms in total. The summed E-state index contributed by atoms with van der Waals surface area (Å²) in [6.07, 6.45) is 0.834. The molecular weight excluding hydrogens is 210 g/mol. The minimum Gasteiger partial charge on any atom is -0.353 e. The smallest absolute Gasteiger partial charge is 0.224 e. The largest absolute Gasteiger partial charge is 0.353 e. The zero-order valence-electron chi connectivity index (χ0n) is 10.4. The van der Waals surface area contributed by atoms with Crippen molar-refractivity contribution in [3.05, 3.63) is 0 Å². The summed E-state index contributed by atoms with van der Waals surface area (Å²) < 4.78 is 0. The van der Waals surface area contributed by atoms with Crippen LogP contribution in [0.1, 0.15) is 41.0 Å². The molecule has 0 aromatic carbocycles. The number of rotatable bonds is 4. The van der Waals surface area contributed by atoms with E-state index in [4.69, 9.17) is 11.6 Å². The summed E-state index contributed by atoms with van der Waals surface area (Å²) in [4.78, 5) is 12.0. The molecule has 15 heavy (non-hydrogen) atoms. The number of amides is 1. The Morgan fingerprint density at radius 2 is 1.80 bits per heavy atom. The minimum atomic E-state index is 0.123. The van der Waals surface area contributed by atoms with Gasteiger partial charge in [-0.2, -0.15) is 0 Å². The van der Waals surface area contributed by atoms with Gasteiger partial charge in [0.25, 0.3) is 0 Å². The lowest BCUT2D eigenvalue weighted by molar-refractivity contribution is -0.124. The molecule has 1 aliphatic carbocycles. The average molecular weight is 232 g/mol. The van der Waals surface area contributed by atoms with Gasteiger partial charge in [-0.25, -0.2) is 0 Å². The molecule has 0 saturated heterocycles. The molecule has 0 heterocycles. The van der Waals surface area contributed by atoms with Gasteiger partial charge in [0.2, 0.25) is 5.91 Å². The fourth-order valence-electron chi connectivity index (χ4n) is 2.41. The molecule has 1 saturated carbocycles. The second-order valence-electron chi connectivity index (χ2n) is 5.76. The molecule has 1 aliphatic rings. The van der Waals surface area contributed by atoms with Crippen molar-refractivity contribution in [2.45, 2.75) is 47.1 Å². The molecule has 0 spiro atoms. The molecule has 1 rings (SSSR count). The summed E-state index contributed by atoms with van der Waals surface area (Å²) in [5.41, 5.74) is 0.246. The lowest BCUT2D eigenvalue weighted by atomic mass is 10.0. The second kappa shape index (κ2) is 3.97. The molecule has 1 atom stereocenters. The molecule has 88 valence electrons. The summed E-state index contributed by atoms with van der Waals surface area (Å²) >= 11 is 5.64. The van der Waals surface area contributed by atoms with Crippen LogP contribution in [0.15, 0.2) is 0 Å². The van der Waals surface area contributed by atoms with Gasteiger partial charge in [0.15, 0.2) is 0 Å². The first-order valence-electron chi connectivity index (χ1n) is 5.61. The molecule has 1 unspecified atom stereocenters. The lowest BCUT2D eigenvalue weighted by Gasteiger charge is -2.13. The first kappa shape index (κ1) is 12.8. The van der Waals surface area contributed by atoms with Gasteiger partial charge < -0.3 is 5.32 Å². The summed E-state index contributed by atoms with van der Waals surface area (Å²) in [5, 5.41) is 3.03. The quantitative estimate of drug-likeness (QED) is 0.741. The summed E-state index contributed by atoms with van der Waals surface area (Å²) in [6.45, 7) is 10.6. The van der Waals surface area contributed by atoms with Crippen molar-refractivity contribution >= 4 is 17.5 Å². The first-order chi connectivity index (χ1) is 6.75. The van der Waals surface area contributed by atoms with Gasteiger partial charge in [-0.05, 0) is 24.2 Å². The fraction of sp³-hybridized carbons (Fsp3) is 0.917. The Morgan fingerprint density at radius 1 is 1.33 bits per heavy atom. The Bertz CT molecular complexity index is 246. The van der Waals surface area contributed by atoms with Crippen molar-refractivity contribution in [2.75, 3.05) is 5.88 Å².